The Hall–Kier alpha value is -0.630. The molecule has 8 heteroatoms. The lowest BCUT2D eigenvalue weighted by atomic mass is 9.81. The van der Waals surface area contributed by atoms with Gasteiger partial charge in [0.25, 0.3) is 0 Å². The van der Waals surface area contributed by atoms with Gasteiger partial charge in [0.2, 0.25) is 0 Å². The van der Waals surface area contributed by atoms with Crippen LogP contribution in [0.2, 0.25) is 0 Å². The van der Waals surface area contributed by atoms with E-state index in [0.29, 0.717) is 31.3 Å². The summed E-state index contributed by atoms with van der Waals surface area (Å²) < 4.78 is 45.2. The molecule has 0 saturated heterocycles. The van der Waals surface area contributed by atoms with E-state index in [1.807, 2.05) is 4.57 Å². The van der Waals surface area contributed by atoms with Gasteiger partial charge in [0, 0.05) is 19.6 Å². The van der Waals surface area contributed by atoms with E-state index in [9.17, 15) is 13.2 Å². The van der Waals surface area contributed by atoms with Gasteiger partial charge in [-0.15, -0.1) is 10.2 Å². The summed E-state index contributed by atoms with van der Waals surface area (Å²) in [4.78, 5) is 0. The lowest BCUT2D eigenvalue weighted by Crippen LogP contribution is -2.28. The van der Waals surface area contributed by atoms with Crippen LogP contribution in [-0.2, 0) is 16.6 Å². The minimum absolute atomic E-state index is 0.0563. The van der Waals surface area contributed by atoms with Crippen molar-refractivity contribution in [3.63, 3.8) is 0 Å². The Morgan fingerprint density at radius 2 is 1.90 bits per heavy atom. The number of aromatic nitrogens is 3. The fourth-order valence-electron chi connectivity index (χ4n) is 2.86. The second-order valence-corrected chi connectivity index (χ2v) is 5.90. The van der Waals surface area contributed by atoms with Crippen molar-refractivity contribution in [2.75, 3.05) is 13.7 Å². The van der Waals surface area contributed by atoms with Crippen LogP contribution >= 0.6 is 15.9 Å². The van der Waals surface area contributed by atoms with Crippen LogP contribution in [0.1, 0.15) is 43.3 Å². The maximum Gasteiger partial charge on any atom is 0.391 e. The first kappa shape index (κ1) is 16.7. The summed E-state index contributed by atoms with van der Waals surface area (Å²) in [5.41, 5.74) is 0. The normalized spacial score (nSPS) is 23.5. The van der Waals surface area contributed by atoms with Gasteiger partial charge in [-0.05, 0) is 25.7 Å². The van der Waals surface area contributed by atoms with Crippen molar-refractivity contribution in [1.82, 2.24) is 14.8 Å². The molecule has 0 aromatic carbocycles. The number of hydrogen-bond acceptors (Lipinski definition) is 3. The van der Waals surface area contributed by atoms with E-state index >= 15 is 0 Å². The molecule has 2 rings (SSSR count). The first-order valence-corrected chi connectivity index (χ1v) is 8.13. The van der Waals surface area contributed by atoms with E-state index in [-0.39, 0.29) is 18.8 Å². The molecule has 1 fully saturated rings. The molecule has 0 N–H and O–H groups in total. The van der Waals surface area contributed by atoms with Gasteiger partial charge in [-0.25, -0.2) is 0 Å². The molecule has 1 aliphatic carbocycles. The number of methoxy groups -OCH3 is 1. The average molecular weight is 370 g/mol. The summed E-state index contributed by atoms with van der Waals surface area (Å²) >= 11 is 3.36. The average Bonchev–Trinajstić information content (AvgIpc) is 2.87. The largest absolute Gasteiger partial charge is 0.391 e. The summed E-state index contributed by atoms with van der Waals surface area (Å²) in [6.07, 6.45) is -2.70. The molecular weight excluding hydrogens is 351 g/mol. The zero-order valence-electron chi connectivity index (χ0n) is 11.9. The second kappa shape index (κ2) is 7.09. The van der Waals surface area contributed by atoms with Crippen molar-refractivity contribution in [1.29, 1.82) is 0 Å². The Labute approximate surface area is 130 Å². The third kappa shape index (κ3) is 3.97. The van der Waals surface area contributed by atoms with Gasteiger partial charge in [0.15, 0.2) is 0 Å². The molecule has 0 aliphatic heterocycles. The zero-order valence-corrected chi connectivity index (χ0v) is 13.5. The summed E-state index contributed by atoms with van der Waals surface area (Å²) in [7, 11) is 1.62. The molecule has 0 atom stereocenters. The Morgan fingerprint density at radius 3 is 2.43 bits per heavy atom. The highest BCUT2D eigenvalue weighted by atomic mass is 79.9. The minimum atomic E-state index is -4.07. The second-order valence-electron chi connectivity index (χ2n) is 5.34. The number of alkyl halides is 4. The number of hydrogen-bond donors (Lipinski definition) is 0. The van der Waals surface area contributed by atoms with Crippen LogP contribution in [0, 0.1) is 5.92 Å². The van der Waals surface area contributed by atoms with Gasteiger partial charge < -0.3 is 9.30 Å². The smallest absolute Gasteiger partial charge is 0.383 e. The number of nitrogens with zero attached hydrogens (tertiary/aromatic N) is 3. The Kier molecular flexibility index (Phi) is 5.65. The van der Waals surface area contributed by atoms with E-state index in [4.69, 9.17) is 4.74 Å². The monoisotopic (exact) mass is 369 g/mol. The number of rotatable bonds is 5. The number of ether oxygens (including phenoxy) is 1. The SMILES string of the molecule is COCCn1c(CBr)nnc1C1CCC(C(F)(F)F)CC1. The van der Waals surface area contributed by atoms with Gasteiger partial charge in [0.1, 0.15) is 11.6 Å². The van der Waals surface area contributed by atoms with E-state index in [1.54, 1.807) is 7.11 Å². The van der Waals surface area contributed by atoms with Gasteiger partial charge in [0.05, 0.1) is 17.9 Å². The lowest BCUT2D eigenvalue weighted by molar-refractivity contribution is -0.182. The third-order valence-corrected chi connectivity index (χ3v) is 4.55. The predicted octanol–water partition coefficient (Wildman–Crippen LogP) is 3.66. The lowest BCUT2D eigenvalue weighted by Gasteiger charge is -2.29. The summed E-state index contributed by atoms with van der Waals surface area (Å²) in [5, 5.41) is 8.89. The molecule has 1 saturated carbocycles. The molecule has 1 aromatic heterocycles. The predicted molar refractivity (Wildman–Crippen MR) is 75.3 cm³/mol. The Bertz CT molecular complexity index is 456. The first-order chi connectivity index (χ1) is 9.97. The Morgan fingerprint density at radius 1 is 1.24 bits per heavy atom. The maximum absolute atomic E-state index is 12.7. The molecule has 4 nitrogen and oxygen atoms in total. The van der Waals surface area contributed by atoms with Crippen molar-refractivity contribution in [3.05, 3.63) is 11.6 Å². The molecule has 0 radical (unpaired) electrons. The van der Waals surface area contributed by atoms with Gasteiger partial charge in [-0.1, -0.05) is 15.9 Å². The van der Waals surface area contributed by atoms with E-state index < -0.39 is 12.1 Å². The third-order valence-electron chi connectivity index (χ3n) is 4.05. The highest BCUT2D eigenvalue weighted by molar-refractivity contribution is 9.08. The minimum Gasteiger partial charge on any atom is -0.383 e. The quantitative estimate of drug-likeness (QED) is 0.743. The molecule has 1 aromatic rings. The van der Waals surface area contributed by atoms with E-state index in [0.717, 1.165) is 11.6 Å². The highest BCUT2D eigenvalue weighted by Crippen LogP contribution is 2.42. The zero-order chi connectivity index (χ0) is 15.5. The van der Waals surface area contributed by atoms with Crippen molar-refractivity contribution in [3.8, 4) is 0 Å². The highest BCUT2D eigenvalue weighted by Gasteiger charge is 2.42. The summed E-state index contributed by atoms with van der Waals surface area (Å²) in [6, 6.07) is 0. The van der Waals surface area contributed by atoms with Crippen molar-refractivity contribution >= 4 is 15.9 Å². The van der Waals surface area contributed by atoms with Crippen LogP contribution in [-0.4, -0.2) is 34.7 Å². The van der Waals surface area contributed by atoms with E-state index in [2.05, 4.69) is 26.1 Å². The molecule has 0 bridgehead atoms. The van der Waals surface area contributed by atoms with Gasteiger partial charge in [-0.3, -0.25) is 0 Å². The topological polar surface area (TPSA) is 39.9 Å². The molecule has 0 unspecified atom stereocenters. The van der Waals surface area contributed by atoms with Crippen LogP contribution in [0.3, 0.4) is 0 Å². The van der Waals surface area contributed by atoms with Crippen LogP contribution < -0.4 is 0 Å². The van der Waals surface area contributed by atoms with E-state index in [1.165, 1.54) is 0 Å². The van der Waals surface area contributed by atoms with Crippen LogP contribution in [0.15, 0.2) is 0 Å². The fourth-order valence-corrected chi connectivity index (χ4v) is 3.27. The molecule has 1 heterocycles. The standard InChI is InChI=1S/C13H19BrF3N3O/c1-21-7-6-20-11(8-14)18-19-12(20)9-2-4-10(5-3-9)13(15,16)17/h9-10H,2-8H2,1H3. The van der Waals surface area contributed by atoms with Crippen LogP contribution in [0.25, 0.3) is 0 Å². The Balaban J connectivity index is 2.07. The molecule has 1 aliphatic rings. The van der Waals surface area contributed by atoms with Gasteiger partial charge >= 0.3 is 6.18 Å². The molecular formula is C13H19BrF3N3O. The first-order valence-electron chi connectivity index (χ1n) is 7.01. The maximum atomic E-state index is 12.7. The molecule has 21 heavy (non-hydrogen) atoms. The summed E-state index contributed by atoms with van der Waals surface area (Å²) in [6.45, 7) is 1.15. The fraction of sp³-hybridized carbons (Fsp3) is 0.846. The molecule has 0 amide bonds. The number of halogens is 4. The molecule has 0 spiro atoms. The van der Waals surface area contributed by atoms with Gasteiger partial charge in [-0.2, -0.15) is 13.2 Å². The summed E-state index contributed by atoms with van der Waals surface area (Å²) in [5.74, 6) is 0.475. The molecule has 120 valence electrons. The van der Waals surface area contributed by atoms with Crippen molar-refractivity contribution in [2.45, 2.75) is 49.7 Å². The van der Waals surface area contributed by atoms with Crippen molar-refractivity contribution < 1.29 is 17.9 Å². The van der Waals surface area contributed by atoms with Crippen molar-refractivity contribution in [2.24, 2.45) is 5.92 Å². The van der Waals surface area contributed by atoms with Crippen LogP contribution in [0.4, 0.5) is 13.2 Å². The van der Waals surface area contributed by atoms with Crippen LogP contribution in [0.5, 0.6) is 0 Å².